The molecule has 0 radical (unpaired) electrons. The van der Waals surface area contributed by atoms with Gasteiger partial charge in [-0.15, -0.1) is 0 Å². The van der Waals surface area contributed by atoms with Gasteiger partial charge in [0.2, 0.25) is 15.9 Å². The van der Waals surface area contributed by atoms with Gasteiger partial charge in [0.05, 0.1) is 19.9 Å². The van der Waals surface area contributed by atoms with E-state index in [9.17, 15) is 13.2 Å². The molecule has 0 aliphatic carbocycles. The van der Waals surface area contributed by atoms with Crippen LogP contribution >= 0.6 is 0 Å². The molecular weight excluding hydrogens is 352 g/mol. The van der Waals surface area contributed by atoms with Gasteiger partial charge in [-0.1, -0.05) is 48.0 Å². The van der Waals surface area contributed by atoms with Crippen molar-refractivity contribution in [3.63, 3.8) is 0 Å². The molecule has 0 saturated heterocycles. The Morgan fingerprint density at radius 1 is 1.12 bits per heavy atom. The number of aryl methyl sites for hydroxylation is 1. The lowest BCUT2D eigenvalue weighted by Crippen LogP contribution is -2.39. The summed E-state index contributed by atoms with van der Waals surface area (Å²) in [6.45, 7) is 2.17. The highest BCUT2D eigenvalue weighted by Crippen LogP contribution is 2.20. The van der Waals surface area contributed by atoms with E-state index < -0.39 is 10.0 Å². The van der Waals surface area contributed by atoms with Gasteiger partial charge < -0.3 is 10.1 Å². The van der Waals surface area contributed by atoms with Crippen LogP contribution in [0.1, 0.15) is 16.7 Å². The van der Waals surface area contributed by atoms with Gasteiger partial charge in [-0.2, -0.15) is 4.31 Å². The molecule has 1 N–H and O–H groups in total. The summed E-state index contributed by atoms with van der Waals surface area (Å²) in [5, 5.41) is 2.76. The van der Waals surface area contributed by atoms with Crippen molar-refractivity contribution in [3.8, 4) is 5.75 Å². The molecule has 2 aromatic rings. The van der Waals surface area contributed by atoms with Gasteiger partial charge in [-0.25, -0.2) is 8.42 Å². The summed E-state index contributed by atoms with van der Waals surface area (Å²) < 4.78 is 30.6. The number of rotatable bonds is 8. The van der Waals surface area contributed by atoms with Crippen molar-refractivity contribution in [2.24, 2.45) is 0 Å². The fourth-order valence-corrected chi connectivity index (χ4v) is 3.16. The highest BCUT2D eigenvalue weighted by molar-refractivity contribution is 7.88. The van der Waals surface area contributed by atoms with Crippen LogP contribution < -0.4 is 10.1 Å². The summed E-state index contributed by atoms with van der Waals surface area (Å²) >= 11 is 0. The molecule has 0 atom stereocenters. The lowest BCUT2D eigenvalue weighted by Gasteiger charge is -2.20. The lowest BCUT2D eigenvalue weighted by atomic mass is 10.1. The topological polar surface area (TPSA) is 75.7 Å². The van der Waals surface area contributed by atoms with E-state index in [1.807, 2.05) is 31.2 Å². The molecule has 2 rings (SSSR count). The van der Waals surface area contributed by atoms with Crippen molar-refractivity contribution >= 4 is 15.9 Å². The Morgan fingerprint density at radius 2 is 1.77 bits per heavy atom. The smallest absolute Gasteiger partial charge is 0.235 e. The molecule has 0 fully saturated rings. The first-order valence-electron chi connectivity index (χ1n) is 8.19. The van der Waals surface area contributed by atoms with E-state index in [0.717, 1.165) is 21.7 Å². The summed E-state index contributed by atoms with van der Waals surface area (Å²) in [4.78, 5) is 12.2. The molecule has 0 aliphatic heterocycles. The number of ether oxygens (including phenoxy) is 1. The molecule has 0 spiro atoms. The van der Waals surface area contributed by atoms with Gasteiger partial charge in [0.1, 0.15) is 5.75 Å². The van der Waals surface area contributed by atoms with Crippen LogP contribution in [0.4, 0.5) is 0 Å². The number of methoxy groups -OCH3 is 1. The average molecular weight is 376 g/mol. The summed E-state index contributed by atoms with van der Waals surface area (Å²) in [7, 11) is -2.03. The van der Waals surface area contributed by atoms with Gasteiger partial charge >= 0.3 is 0 Å². The van der Waals surface area contributed by atoms with Crippen LogP contribution in [0, 0.1) is 6.92 Å². The van der Waals surface area contributed by atoms with Crippen LogP contribution in [0.25, 0.3) is 0 Å². The SMILES string of the molecule is COc1ccccc1CN(CC(=O)NCc1ccc(C)cc1)S(C)(=O)=O. The van der Waals surface area contributed by atoms with E-state index in [-0.39, 0.29) is 19.0 Å². The van der Waals surface area contributed by atoms with E-state index in [0.29, 0.717) is 17.9 Å². The van der Waals surface area contributed by atoms with Gasteiger partial charge in [0.25, 0.3) is 0 Å². The van der Waals surface area contributed by atoms with Crippen molar-refractivity contribution in [1.82, 2.24) is 9.62 Å². The van der Waals surface area contributed by atoms with Crippen LogP contribution in [0.3, 0.4) is 0 Å². The van der Waals surface area contributed by atoms with Crippen LogP contribution in [0.5, 0.6) is 5.75 Å². The minimum absolute atomic E-state index is 0.0702. The lowest BCUT2D eigenvalue weighted by molar-refractivity contribution is -0.121. The maximum atomic E-state index is 12.2. The first-order valence-corrected chi connectivity index (χ1v) is 10.0. The zero-order valence-corrected chi connectivity index (χ0v) is 16.0. The number of carbonyl (C=O) groups is 1. The molecule has 6 nitrogen and oxygen atoms in total. The first-order chi connectivity index (χ1) is 12.3. The maximum Gasteiger partial charge on any atom is 0.235 e. The molecule has 0 bridgehead atoms. The summed E-state index contributed by atoms with van der Waals surface area (Å²) in [6.07, 6.45) is 1.09. The highest BCUT2D eigenvalue weighted by atomic mass is 32.2. The number of amides is 1. The summed E-state index contributed by atoms with van der Waals surface area (Å²) in [6, 6.07) is 14.9. The Bertz CT molecular complexity index is 848. The van der Waals surface area contributed by atoms with Crippen molar-refractivity contribution in [2.75, 3.05) is 19.9 Å². The minimum Gasteiger partial charge on any atom is -0.496 e. The molecule has 7 heteroatoms. The van der Waals surface area contributed by atoms with Crippen molar-refractivity contribution < 1.29 is 17.9 Å². The number of carbonyl (C=O) groups excluding carboxylic acids is 1. The number of hydrogen-bond donors (Lipinski definition) is 1. The molecule has 0 unspecified atom stereocenters. The molecule has 2 aromatic carbocycles. The second-order valence-electron chi connectivity index (χ2n) is 6.11. The molecule has 140 valence electrons. The van der Waals surface area contributed by atoms with Gasteiger partial charge in [0, 0.05) is 18.7 Å². The van der Waals surface area contributed by atoms with E-state index >= 15 is 0 Å². The van der Waals surface area contributed by atoms with Crippen LogP contribution in [0.2, 0.25) is 0 Å². The van der Waals surface area contributed by atoms with Gasteiger partial charge in [-0.3, -0.25) is 4.79 Å². The van der Waals surface area contributed by atoms with Crippen LogP contribution in [0.15, 0.2) is 48.5 Å². The number of nitrogens with one attached hydrogen (secondary N) is 1. The van der Waals surface area contributed by atoms with Crippen molar-refractivity contribution in [1.29, 1.82) is 0 Å². The van der Waals surface area contributed by atoms with Gasteiger partial charge in [0.15, 0.2) is 0 Å². The average Bonchev–Trinajstić information content (AvgIpc) is 2.60. The molecule has 0 heterocycles. The van der Waals surface area contributed by atoms with Crippen molar-refractivity contribution in [3.05, 3.63) is 65.2 Å². The number of nitrogens with zero attached hydrogens (tertiary/aromatic N) is 1. The fraction of sp³-hybridized carbons (Fsp3) is 0.316. The van der Waals surface area contributed by atoms with Crippen LogP contribution in [-0.2, 0) is 27.9 Å². The number of sulfonamides is 1. The Labute approximate surface area is 154 Å². The van der Waals surface area contributed by atoms with E-state index in [2.05, 4.69) is 5.32 Å². The van der Waals surface area contributed by atoms with E-state index in [1.54, 1.807) is 24.3 Å². The quantitative estimate of drug-likeness (QED) is 0.765. The predicted molar refractivity (Wildman–Crippen MR) is 101 cm³/mol. The third-order valence-corrected chi connectivity index (χ3v) is 5.13. The second-order valence-corrected chi connectivity index (χ2v) is 8.09. The zero-order chi connectivity index (χ0) is 19.2. The summed E-state index contributed by atoms with van der Waals surface area (Å²) in [5.41, 5.74) is 2.80. The molecule has 0 aromatic heterocycles. The van der Waals surface area contributed by atoms with E-state index in [1.165, 1.54) is 7.11 Å². The molecular formula is C19H24N2O4S. The Balaban J connectivity index is 2.03. The Kier molecular flexibility index (Phi) is 6.76. The monoisotopic (exact) mass is 376 g/mol. The van der Waals surface area contributed by atoms with Gasteiger partial charge in [-0.05, 0) is 18.6 Å². The number of para-hydroxylation sites is 1. The maximum absolute atomic E-state index is 12.2. The largest absolute Gasteiger partial charge is 0.496 e. The molecule has 0 saturated carbocycles. The predicted octanol–water partition coefficient (Wildman–Crippen LogP) is 2.08. The third-order valence-electron chi connectivity index (χ3n) is 3.94. The fourth-order valence-electron chi connectivity index (χ4n) is 2.44. The first kappa shape index (κ1) is 19.9. The highest BCUT2D eigenvalue weighted by Gasteiger charge is 2.21. The third kappa shape index (κ3) is 5.86. The standard InChI is InChI=1S/C19H24N2O4S/c1-15-8-10-16(11-9-15)12-20-19(22)14-21(26(3,23)24)13-17-6-4-5-7-18(17)25-2/h4-11H,12-14H2,1-3H3,(H,20,22). The van der Waals surface area contributed by atoms with Crippen molar-refractivity contribution in [2.45, 2.75) is 20.0 Å². The number of benzene rings is 2. The normalized spacial score (nSPS) is 11.4. The molecule has 1 amide bonds. The Hall–Kier alpha value is -2.38. The van der Waals surface area contributed by atoms with E-state index in [4.69, 9.17) is 4.74 Å². The Morgan fingerprint density at radius 3 is 2.38 bits per heavy atom. The molecule has 0 aliphatic rings. The van der Waals surface area contributed by atoms with Crippen LogP contribution in [-0.4, -0.2) is 38.5 Å². The minimum atomic E-state index is -3.55. The molecule has 26 heavy (non-hydrogen) atoms. The second kappa shape index (κ2) is 8.82. The number of hydrogen-bond acceptors (Lipinski definition) is 4. The zero-order valence-electron chi connectivity index (χ0n) is 15.2. The summed E-state index contributed by atoms with van der Waals surface area (Å²) in [5.74, 6) is 0.229.